The molecule has 0 radical (unpaired) electrons. The number of fused-ring (bicyclic) bond motifs is 3. The van der Waals surface area contributed by atoms with E-state index in [1.807, 2.05) is 12.1 Å². The van der Waals surface area contributed by atoms with E-state index in [4.69, 9.17) is 4.74 Å². The number of aromatic nitrogens is 6. The van der Waals surface area contributed by atoms with Crippen molar-refractivity contribution in [2.45, 2.75) is 20.1 Å². The third-order valence-electron chi connectivity index (χ3n) is 5.08. The number of hydrogen-bond donors (Lipinski definition) is 0. The number of ether oxygens (including phenoxy) is 1. The summed E-state index contributed by atoms with van der Waals surface area (Å²) in [6.07, 6.45) is -3.28. The average molecular weight is 476 g/mol. The highest BCUT2D eigenvalue weighted by molar-refractivity contribution is 7.22. The van der Waals surface area contributed by atoms with Gasteiger partial charge in [0.2, 0.25) is 0 Å². The highest BCUT2D eigenvalue weighted by atomic mass is 32.1. The van der Waals surface area contributed by atoms with E-state index in [1.165, 1.54) is 38.5 Å². The van der Waals surface area contributed by atoms with Gasteiger partial charge >= 0.3 is 11.9 Å². The number of alkyl halides is 3. The zero-order valence-electron chi connectivity index (χ0n) is 16.8. The van der Waals surface area contributed by atoms with Gasteiger partial charge in [-0.05, 0) is 29.8 Å². The molecule has 0 bridgehead atoms. The maximum Gasteiger partial charge on any atom is 0.435 e. The van der Waals surface area contributed by atoms with Gasteiger partial charge in [0.15, 0.2) is 11.3 Å². The molecule has 0 fully saturated rings. The van der Waals surface area contributed by atoms with Crippen molar-refractivity contribution in [2.24, 2.45) is 7.05 Å². The smallest absolute Gasteiger partial charge is 0.435 e. The van der Waals surface area contributed by atoms with Crippen LogP contribution < -0.4 is 10.4 Å². The highest BCUT2D eigenvalue weighted by Crippen LogP contribution is 2.37. The molecule has 12 heteroatoms. The van der Waals surface area contributed by atoms with E-state index in [-0.39, 0.29) is 14.0 Å². The zero-order chi connectivity index (χ0) is 22.6. The van der Waals surface area contributed by atoms with Gasteiger partial charge in [-0.1, -0.05) is 19.6 Å². The van der Waals surface area contributed by atoms with Gasteiger partial charge in [0.1, 0.15) is 16.9 Å². The average Bonchev–Trinajstić information content (AvgIpc) is 3.48. The second kappa shape index (κ2) is 8.03. The number of methoxy groups -OCH3 is 1. The summed E-state index contributed by atoms with van der Waals surface area (Å²) in [6.45, 7) is 0.244. The Hall–Kier alpha value is -3.67. The number of halogens is 3. The van der Waals surface area contributed by atoms with E-state index in [0.717, 1.165) is 11.6 Å². The van der Waals surface area contributed by atoms with Crippen LogP contribution in [0.4, 0.5) is 13.2 Å². The molecule has 0 aliphatic heterocycles. The van der Waals surface area contributed by atoms with Crippen molar-refractivity contribution in [3.8, 4) is 16.3 Å². The van der Waals surface area contributed by atoms with Crippen molar-refractivity contribution in [1.82, 2.24) is 28.9 Å². The summed E-state index contributed by atoms with van der Waals surface area (Å²) >= 11 is 1.20. The van der Waals surface area contributed by atoms with Crippen LogP contribution in [0.3, 0.4) is 0 Å². The summed E-state index contributed by atoms with van der Waals surface area (Å²) in [7, 11) is 3.02. The van der Waals surface area contributed by atoms with Crippen LogP contribution in [0.25, 0.3) is 26.4 Å². The van der Waals surface area contributed by atoms with Crippen LogP contribution in [0.1, 0.15) is 18.7 Å². The minimum Gasteiger partial charge on any atom is -0.497 e. The molecule has 0 amide bonds. The van der Waals surface area contributed by atoms with Crippen molar-refractivity contribution in [3.05, 3.63) is 64.5 Å². The first kappa shape index (κ1) is 22.5. The lowest BCUT2D eigenvalue weighted by atomic mass is 10.2. The molecule has 0 spiro atoms. The SMILES string of the molecule is C.COc1ccc(Cn2c(=O)n3ncnc3c3cc(-c4cc(C(F)(F)F)nn4C)sc32)cc1. The third-order valence-corrected chi connectivity index (χ3v) is 6.26. The summed E-state index contributed by atoms with van der Waals surface area (Å²) < 4.78 is 48.5. The molecule has 0 unspecified atom stereocenters. The molecule has 5 rings (SSSR count). The van der Waals surface area contributed by atoms with Crippen LogP contribution in [0, 0.1) is 0 Å². The molecule has 4 aromatic heterocycles. The van der Waals surface area contributed by atoms with Crippen LogP contribution in [0.2, 0.25) is 0 Å². The minimum atomic E-state index is -4.55. The molecule has 0 saturated carbocycles. The van der Waals surface area contributed by atoms with Crippen LogP contribution >= 0.6 is 11.3 Å². The van der Waals surface area contributed by atoms with Crippen molar-refractivity contribution < 1.29 is 17.9 Å². The number of rotatable bonds is 4. The molecule has 0 aliphatic rings. The van der Waals surface area contributed by atoms with Gasteiger partial charge in [-0.25, -0.2) is 9.78 Å². The van der Waals surface area contributed by atoms with Crippen molar-refractivity contribution >= 4 is 27.2 Å². The fourth-order valence-electron chi connectivity index (χ4n) is 3.52. The number of nitrogens with zero attached hydrogens (tertiary/aromatic N) is 6. The van der Waals surface area contributed by atoms with E-state index < -0.39 is 17.6 Å². The van der Waals surface area contributed by atoms with E-state index in [0.29, 0.717) is 32.2 Å². The molecule has 1 aromatic carbocycles. The normalized spacial score (nSPS) is 11.8. The second-order valence-electron chi connectivity index (χ2n) is 7.08. The van der Waals surface area contributed by atoms with E-state index in [2.05, 4.69) is 15.2 Å². The summed E-state index contributed by atoms with van der Waals surface area (Å²) in [6, 6.07) is 9.98. The largest absolute Gasteiger partial charge is 0.497 e. The lowest BCUT2D eigenvalue weighted by Crippen LogP contribution is -2.27. The Balaban J connectivity index is 0.00000259. The molecule has 0 aliphatic carbocycles. The number of aryl methyl sites for hydroxylation is 1. The molecular formula is C21H19F3N6O2S. The second-order valence-corrected chi connectivity index (χ2v) is 8.11. The first-order chi connectivity index (χ1) is 15.3. The fourth-order valence-corrected chi connectivity index (χ4v) is 4.72. The monoisotopic (exact) mass is 476 g/mol. The van der Waals surface area contributed by atoms with Crippen molar-refractivity contribution in [3.63, 3.8) is 0 Å². The summed E-state index contributed by atoms with van der Waals surface area (Å²) in [5.41, 5.74) is 0.116. The maximum atomic E-state index is 13.1. The molecule has 8 nitrogen and oxygen atoms in total. The molecule has 33 heavy (non-hydrogen) atoms. The maximum absolute atomic E-state index is 13.1. The summed E-state index contributed by atoms with van der Waals surface area (Å²) in [5.74, 6) is 0.688. The van der Waals surface area contributed by atoms with Gasteiger partial charge in [-0.2, -0.15) is 27.9 Å². The standard InChI is InChI=1S/C20H15F3N6O2S.CH4/c1-27-14(8-16(26-27)20(21,22)23)15-7-13-17-24-10-25-29(17)19(30)28(18(13)32-15)9-11-3-5-12(31-2)6-4-11;/h3-8,10H,9H2,1-2H3;1H4. The van der Waals surface area contributed by atoms with Crippen LogP contribution in [0.5, 0.6) is 5.75 Å². The van der Waals surface area contributed by atoms with E-state index >= 15 is 0 Å². The third kappa shape index (κ3) is 3.75. The van der Waals surface area contributed by atoms with Gasteiger partial charge in [0.05, 0.1) is 29.6 Å². The predicted octanol–water partition coefficient (Wildman–Crippen LogP) is 4.22. The Kier molecular flexibility index (Phi) is 5.48. The summed E-state index contributed by atoms with van der Waals surface area (Å²) in [5, 5.41) is 8.23. The van der Waals surface area contributed by atoms with Gasteiger partial charge < -0.3 is 4.74 Å². The summed E-state index contributed by atoms with van der Waals surface area (Å²) in [4.78, 5) is 18.4. The van der Waals surface area contributed by atoms with Gasteiger partial charge in [-0.15, -0.1) is 11.3 Å². The van der Waals surface area contributed by atoms with Crippen LogP contribution in [0.15, 0.2) is 47.5 Å². The van der Waals surface area contributed by atoms with Gasteiger partial charge in [0.25, 0.3) is 0 Å². The lowest BCUT2D eigenvalue weighted by molar-refractivity contribution is -0.141. The van der Waals surface area contributed by atoms with Crippen molar-refractivity contribution in [2.75, 3.05) is 7.11 Å². The predicted molar refractivity (Wildman–Crippen MR) is 119 cm³/mol. The molecule has 0 saturated heterocycles. The van der Waals surface area contributed by atoms with E-state index in [1.54, 1.807) is 25.3 Å². The van der Waals surface area contributed by atoms with Gasteiger partial charge in [-0.3, -0.25) is 9.25 Å². The fraction of sp³-hybridized carbons (Fsp3) is 0.238. The Morgan fingerprint density at radius 3 is 2.52 bits per heavy atom. The molecular weight excluding hydrogens is 457 g/mol. The Morgan fingerprint density at radius 1 is 1.15 bits per heavy atom. The minimum absolute atomic E-state index is 0. The Bertz CT molecular complexity index is 1510. The highest BCUT2D eigenvalue weighted by Gasteiger charge is 2.35. The Morgan fingerprint density at radius 2 is 1.88 bits per heavy atom. The first-order valence-electron chi connectivity index (χ1n) is 9.37. The molecule has 0 atom stereocenters. The lowest BCUT2D eigenvalue weighted by Gasteiger charge is -2.09. The number of hydrogen-bond acceptors (Lipinski definition) is 6. The van der Waals surface area contributed by atoms with Gasteiger partial charge in [0, 0.05) is 7.05 Å². The number of benzene rings is 1. The van der Waals surface area contributed by atoms with Crippen LogP contribution in [-0.2, 0) is 19.8 Å². The zero-order valence-corrected chi connectivity index (χ0v) is 17.6. The van der Waals surface area contributed by atoms with Crippen molar-refractivity contribution in [1.29, 1.82) is 0 Å². The van der Waals surface area contributed by atoms with E-state index in [9.17, 15) is 18.0 Å². The molecule has 172 valence electrons. The van der Waals surface area contributed by atoms with Crippen LogP contribution in [-0.4, -0.2) is 36.1 Å². The topological polar surface area (TPSA) is 79.2 Å². The number of thiophene rings is 1. The quantitative estimate of drug-likeness (QED) is 0.388. The molecule has 5 aromatic rings. The molecule has 4 heterocycles. The Labute approximate surface area is 189 Å². The first-order valence-corrected chi connectivity index (χ1v) is 10.2. The molecule has 0 N–H and O–H groups in total.